The monoisotopic (exact) mass is 392 g/mol. The summed E-state index contributed by atoms with van der Waals surface area (Å²) < 4.78 is 62.2. The van der Waals surface area contributed by atoms with Crippen molar-refractivity contribution in [3.63, 3.8) is 0 Å². The Morgan fingerprint density at radius 3 is 2.46 bits per heavy atom. The van der Waals surface area contributed by atoms with Crippen LogP contribution < -0.4 is 10.2 Å². The van der Waals surface area contributed by atoms with E-state index in [2.05, 4.69) is 5.32 Å². The normalized spacial score (nSPS) is 19.2. The quantitative estimate of drug-likeness (QED) is 0.828. The fourth-order valence-corrected chi connectivity index (χ4v) is 4.49. The number of benzene rings is 1. The minimum Gasteiger partial charge on any atom is -0.352 e. The molecule has 0 bridgehead atoms. The Labute approximate surface area is 149 Å². The zero-order valence-corrected chi connectivity index (χ0v) is 14.9. The first-order valence-corrected chi connectivity index (χ1v) is 9.76. The number of rotatable bonds is 5. The Morgan fingerprint density at radius 2 is 1.92 bits per heavy atom. The van der Waals surface area contributed by atoms with Crippen LogP contribution in [0.15, 0.2) is 24.3 Å². The van der Waals surface area contributed by atoms with Gasteiger partial charge in [0.15, 0.2) is 9.84 Å². The molecule has 1 aromatic rings. The van der Waals surface area contributed by atoms with Crippen molar-refractivity contribution in [2.75, 3.05) is 23.0 Å². The summed E-state index contributed by atoms with van der Waals surface area (Å²) in [5.41, 5.74) is -1.28. The molecule has 0 saturated carbocycles. The van der Waals surface area contributed by atoms with Crippen LogP contribution in [-0.2, 0) is 25.6 Å². The molecule has 144 valence electrons. The van der Waals surface area contributed by atoms with E-state index >= 15 is 0 Å². The molecule has 1 aliphatic rings. The largest absolute Gasteiger partial charge is 0.418 e. The van der Waals surface area contributed by atoms with Crippen LogP contribution in [0.5, 0.6) is 0 Å². The van der Waals surface area contributed by atoms with E-state index in [4.69, 9.17) is 0 Å². The minimum absolute atomic E-state index is 0.00350. The zero-order chi connectivity index (χ0) is 19.5. The molecule has 1 aliphatic heterocycles. The van der Waals surface area contributed by atoms with Crippen LogP contribution in [0.3, 0.4) is 0 Å². The zero-order valence-electron chi connectivity index (χ0n) is 14.0. The lowest BCUT2D eigenvalue weighted by atomic mass is 10.1. The van der Waals surface area contributed by atoms with Gasteiger partial charge in [-0.25, -0.2) is 8.42 Å². The molecule has 1 N–H and O–H groups in total. The highest BCUT2D eigenvalue weighted by atomic mass is 32.2. The summed E-state index contributed by atoms with van der Waals surface area (Å²) in [4.78, 5) is 24.7. The molecule has 26 heavy (non-hydrogen) atoms. The second-order valence-corrected chi connectivity index (χ2v) is 8.33. The van der Waals surface area contributed by atoms with E-state index < -0.39 is 39.4 Å². The summed E-state index contributed by atoms with van der Waals surface area (Å²) in [6.07, 6.45) is -4.56. The van der Waals surface area contributed by atoms with Gasteiger partial charge in [0, 0.05) is 25.9 Å². The molecule has 2 rings (SSSR count). The summed E-state index contributed by atoms with van der Waals surface area (Å²) >= 11 is 0. The van der Waals surface area contributed by atoms with E-state index in [9.17, 15) is 31.2 Å². The molecule has 1 aromatic carbocycles. The Hall–Kier alpha value is -2.10. The summed E-state index contributed by atoms with van der Waals surface area (Å²) in [7, 11) is -3.16. The van der Waals surface area contributed by atoms with E-state index in [1.807, 2.05) is 0 Å². The highest BCUT2D eigenvalue weighted by Gasteiger charge is 2.35. The predicted molar refractivity (Wildman–Crippen MR) is 89.3 cm³/mol. The first kappa shape index (κ1) is 20.2. The summed E-state index contributed by atoms with van der Waals surface area (Å²) in [6, 6.07) is 4.14. The standard InChI is InChI=1S/C16H19F3N2O4S/c1-11(22)21(14-5-3-2-4-13(14)16(17,18)19)8-6-15(23)20-12-7-9-26(24,25)10-12/h2-5,12H,6-10H2,1H3,(H,20,23). The molecular formula is C16H19F3N2O4S. The molecule has 0 spiro atoms. The molecular weight excluding hydrogens is 373 g/mol. The fraction of sp³-hybridized carbons (Fsp3) is 0.500. The first-order chi connectivity index (χ1) is 12.0. The van der Waals surface area contributed by atoms with E-state index in [0.717, 1.165) is 17.9 Å². The molecule has 10 heteroatoms. The lowest BCUT2D eigenvalue weighted by Gasteiger charge is -2.25. The van der Waals surface area contributed by atoms with Crippen molar-refractivity contribution in [1.29, 1.82) is 0 Å². The van der Waals surface area contributed by atoms with E-state index in [0.29, 0.717) is 6.42 Å². The van der Waals surface area contributed by atoms with Crippen LogP contribution in [0.25, 0.3) is 0 Å². The topological polar surface area (TPSA) is 83.6 Å². The summed E-state index contributed by atoms with van der Waals surface area (Å²) in [6.45, 7) is 0.877. The third-order valence-electron chi connectivity index (χ3n) is 4.04. The van der Waals surface area contributed by atoms with Crippen LogP contribution in [0.4, 0.5) is 18.9 Å². The van der Waals surface area contributed by atoms with Crippen molar-refractivity contribution in [1.82, 2.24) is 5.32 Å². The molecule has 1 unspecified atom stereocenters. The van der Waals surface area contributed by atoms with Gasteiger partial charge < -0.3 is 10.2 Å². The van der Waals surface area contributed by atoms with Gasteiger partial charge in [0.05, 0.1) is 22.8 Å². The molecule has 0 aliphatic carbocycles. The third kappa shape index (κ3) is 5.20. The average Bonchev–Trinajstić information content (AvgIpc) is 2.85. The van der Waals surface area contributed by atoms with Crippen LogP contribution in [0, 0.1) is 0 Å². The minimum atomic E-state index is -4.63. The van der Waals surface area contributed by atoms with Crippen molar-refractivity contribution in [3.05, 3.63) is 29.8 Å². The SMILES string of the molecule is CC(=O)N(CCC(=O)NC1CCS(=O)(=O)C1)c1ccccc1C(F)(F)F. The number of nitrogens with zero attached hydrogens (tertiary/aromatic N) is 1. The Balaban J connectivity index is 2.06. The lowest BCUT2D eigenvalue weighted by Crippen LogP contribution is -2.39. The maximum absolute atomic E-state index is 13.1. The van der Waals surface area contributed by atoms with Crippen LogP contribution >= 0.6 is 0 Å². The number of carbonyl (C=O) groups is 2. The molecule has 2 amide bonds. The fourth-order valence-electron chi connectivity index (χ4n) is 2.82. The number of anilines is 1. The molecule has 1 saturated heterocycles. The van der Waals surface area contributed by atoms with Crippen molar-refractivity contribution >= 4 is 27.3 Å². The predicted octanol–water partition coefficient (Wildman–Crippen LogP) is 1.75. The maximum atomic E-state index is 13.1. The van der Waals surface area contributed by atoms with Gasteiger partial charge in [0.2, 0.25) is 11.8 Å². The van der Waals surface area contributed by atoms with Gasteiger partial charge in [0.25, 0.3) is 0 Å². The molecule has 1 atom stereocenters. The van der Waals surface area contributed by atoms with Crippen molar-refractivity contribution in [2.24, 2.45) is 0 Å². The molecule has 0 aromatic heterocycles. The summed E-state index contributed by atoms with van der Waals surface area (Å²) in [5.74, 6) is -1.29. The van der Waals surface area contributed by atoms with Crippen molar-refractivity contribution in [3.8, 4) is 0 Å². The van der Waals surface area contributed by atoms with Gasteiger partial charge in [-0.05, 0) is 18.6 Å². The number of hydrogen-bond donors (Lipinski definition) is 1. The van der Waals surface area contributed by atoms with Gasteiger partial charge in [-0.2, -0.15) is 13.2 Å². The number of para-hydroxylation sites is 1. The van der Waals surface area contributed by atoms with Crippen LogP contribution in [-0.4, -0.2) is 44.3 Å². The van der Waals surface area contributed by atoms with Crippen molar-refractivity contribution < 1.29 is 31.2 Å². The van der Waals surface area contributed by atoms with E-state index in [1.165, 1.54) is 18.2 Å². The Morgan fingerprint density at radius 1 is 1.27 bits per heavy atom. The second kappa shape index (κ2) is 7.65. The summed E-state index contributed by atoms with van der Waals surface area (Å²) in [5, 5.41) is 2.55. The number of alkyl halides is 3. The van der Waals surface area contributed by atoms with Gasteiger partial charge in [-0.1, -0.05) is 12.1 Å². The highest BCUT2D eigenvalue weighted by Crippen LogP contribution is 2.36. The number of amides is 2. The second-order valence-electron chi connectivity index (χ2n) is 6.10. The van der Waals surface area contributed by atoms with Crippen LogP contribution in [0.2, 0.25) is 0 Å². The van der Waals surface area contributed by atoms with E-state index in [1.54, 1.807) is 0 Å². The number of halogens is 3. The lowest BCUT2D eigenvalue weighted by molar-refractivity contribution is -0.137. The number of sulfone groups is 1. The van der Waals surface area contributed by atoms with Gasteiger partial charge >= 0.3 is 6.18 Å². The average molecular weight is 392 g/mol. The van der Waals surface area contributed by atoms with Gasteiger partial charge in [-0.3, -0.25) is 9.59 Å². The van der Waals surface area contributed by atoms with Gasteiger partial charge in [0.1, 0.15) is 0 Å². The smallest absolute Gasteiger partial charge is 0.352 e. The Bertz CT molecular complexity index is 793. The number of hydrogen-bond acceptors (Lipinski definition) is 4. The highest BCUT2D eigenvalue weighted by molar-refractivity contribution is 7.91. The first-order valence-electron chi connectivity index (χ1n) is 7.94. The van der Waals surface area contributed by atoms with Gasteiger partial charge in [-0.15, -0.1) is 0 Å². The number of carbonyl (C=O) groups excluding carboxylic acids is 2. The molecule has 0 radical (unpaired) electrons. The molecule has 1 fully saturated rings. The molecule has 6 nitrogen and oxygen atoms in total. The number of nitrogens with one attached hydrogen (secondary N) is 1. The molecule has 1 heterocycles. The van der Waals surface area contributed by atoms with Crippen molar-refractivity contribution in [2.45, 2.75) is 32.0 Å². The maximum Gasteiger partial charge on any atom is 0.418 e. The Kier molecular flexibility index (Phi) is 5.94. The third-order valence-corrected chi connectivity index (χ3v) is 5.81. The van der Waals surface area contributed by atoms with Crippen LogP contribution in [0.1, 0.15) is 25.3 Å². The van der Waals surface area contributed by atoms with E-state index in [-0.39, 0.29) is 30.2 Å².